The summed E-state index contributed by atoms with van der Waals surface area (Å²) in [5, 5.41) is 0. The minimum Gasteiger partial charge on any atom is -0.445 e. The second kappa shape index (κ2) is 7.74. The number of ether oxygens (including phenoxy) is 1. The van der Waals surface area contributed by atoms with Crippen molar-refractivity contribution in [3.8, 4) is 0 Å². The van der Waals surface area contributed by atoms with E-state index in [9.17, 15) is 14.0 Å². The molecule has 4 rings (SSSR count). The summed E-state index contributed by atoms with van der Waals surface area (Å²) in [7, 11) is 0. The van der Waals surface area contributed by atoms with Gasteiger partial charge < -0.3 is 9.64 Å². The van der Waals surface area contributed by atoms with Gasteiger partial charge in [0.2, 0.25) is 0 Å². The number of carbonyl (C=O) groups excluding carboxylic acids is 2. The highest BCUT2D eigenvalue weighted by Gasteiger charge is 2.46. The Kier molecular flexibility index (Phi) is 5.16. The first kappa shape index (κ1) is 18.7. The van der Waals surface area contributed by atoms with Crippen molar-refractivity contribution >= 4 is 11.9 Å². The standard InChI is InChI=1S/C23H24FNO3/c1-15-7-8-18(24)13-21(15)22(26)17-11-19-9-10-20(12-17)25(19)23(27)28-14-16-5-3-2-4-6-16/h2-8,13,17,19-20H,9-12,14H2,1H3. The van der Waals surface area contributed by atoms with Gasteiger partial charge in [-0.2, -0.15) is 0 Å². The molecule has 0 saturated carbocycles. The molecule has 1 amide bonds. The fraction of sp³-hybridized carbons (Fsp3) is 0.391. The van der Waals surface area contributed by atoms with Crippen LogP contribution < -0.4 is 0 Å². The number of hydrogen-bond acceptors (Lipinski definition) is 3. The maximum absolute atomic E-state index is 13.6. The average Bonchev–Trinajstić information content (AvgIpc) is 2.97. The maximum Gasteiger partial charge on any atom is 0.410 e. The molecule has 2 aromatic rings. The molecule has 2 aliphatic rings. The molecule has 5 heteroatoms. The topological polar surface area (TPSA) is 46.6 Å². The lowest BCUT2D eigenvalue weighted by molar-refractivity contribution is 0.0485. The second-order valence-electron chi connectivity index (χ2n) is 7.82. The molecule has 2 unspecified atom stereocenters. The summed E-state index contributed by atoms with van der Waals surface area (Å²) < 4.78 is 19.1. The van der Waals surface area contributed by atoms with Gasteiger partial charge in [-0.05, 0) is 55.9 Å². The zero-order valence-corrected chi connectivity index (χ0v) is 15.9. The molecular formula is C23H24FNO3. The molecule has 0 aromatic heterocycles. The highest BCUT2D eigenvalue weighted by molar-refractivity contribution is 5.99. The van der Waals surface area contributed by atoms with Crippen LogP contribution >= 0.6 is 0 Å². The largest absolute Gasteiger partial charge is 0.445 e. The third kappa shape index (κ3) is 3.66. The van der Waals surface area contributed by atoms with Crippen LogP contribution in [0.2, 0.25) is 0 Å². The van der Waals surface area contributed by atoms with Crippen LogP contribution in [0.1, 0.15) is 47.2 Å². The van der Waals surface area contributed by atoms with E-state index in [2.05, 4.69) is 0 Å². The Morgan fingerprint density at radius 1 is 1.07 bits per heavy atom. The lowest BCUT2D eigenvalue weighted by Gasteiger charge is -2.37. The normalized spacial score (nSPS) is 23.5. The number of Topliss-reactive ketones (excluding diaryl/α,β-unsaturated/α-hetero) is 1. The molecule has 28 heavy (non-hydrogen) atoms. The van der Waals surface area contributed by atoms with E-state index in [1.54, 1.807) is 6.07 Å². The molecule has 4 nitrogen and oxygen atoms in total. The van der Waals surface area contributed by atoms with E-state index in [1.807, 2.05) is 42.2 Å². The summed E-state index contributed by atoms with van der Waals surface area (Å²) >= 11 is 0. The molecule has 2 aliphatic heterocycles. The van der Waals surface area contributed by atoms with E-state index in [0.717, 1.165) is 24.0 Å². The van der Waals surface area contributed by atoms with E-state index >= 15 is 0 Å². The third-order valence-electron chi connectivity index (χ3n) is 5.98. The number of amides is 1. The van der Waals surface area contributed by atoms with Crippen molar-refractivity contribution in [3.63, 3.8) is 0 Å². The van der Waals surface area contributed by atoms with Crippen molar-refractivity contribution in [1.29, 1.82) is 0 Å². The van der Waals surface area contributed by atoms with Crippen LogP contribution in [-0.2, 0) is 11.3 Å². The average molecular weight is 381 g/mol. The van der Waals surface area contributed by atoms with Crippen LogP contribution in [0.5, 0.6) is 0 Å². The molecule has 2 bridgehead atoms. The number of benzene rings is 2. The highest BCUT2D eigenvalue weighted by Crippen LogP contribution is 2.40. The molecule has 0 radical (unpaired) electrons. The lowest BCUT2D eigenvalue weighted by atomic mass is 9.84. The van der Waals surface area contributed by atoms with Crippen LogP contribution in [-0.4, -0.2) is 28.9 Å². The maximum atomic E-state index is 13.6. The fourth-order valence-corrected chi connectivity index (χ4v) is 4.56. The van der Waals surface area contributed by atoms with E-state index in [4.69, 9.17) is 4.74 Å². The smallest absolute Gasteiger partial charge is 0.410 e. The molecule has 2 fully saturated rings. The third-order valence-corrected chi connectivity index (χ3v) is 5.98. The van der Waals surface area contributed by atoms with E-state index in [0.29, 0.717) is 18.4 Å². The Bertz CT molecular complexity index is 869. The first-order valence-corrected chi connectivity index (χ1v) is 9.82. The minimum absolute atomic E-state index is 0.00815. The van der Waals surface area contributed by atoms with Gasteiger partial charge in [0.25, 0.3) is 0 Å². The van der Waals surface area contributed by atoms with Gasteiger partial charge in [0, 0.05) is 23.6 Å². The monoisotopic (exact) mass is 381 g/mol. The van der Waals surface area contributed by atoms with Crippen molar-refractivity contribution in [1.82, 2.24) is 4.90 Å². The summed E-state index contributed by atoms with van der Waals surface area (Å²) in [5.74, 6) is -0.568. The summed E-state index contributed by atoms with van der Waals surface area (Å²) in [6.45, 7) is 2.08. The van der Waals surface area contributed by atoms with Crippen LogP contribution in [0, 0.1) is 18.7 Å². The Balaban J connectivity index is 1.42. The molecule has 2 saturated heterocycles. The van der Waals surface area contributed by atoms with Crippen molar-refractivity contribution in [2.24, 2.45) is 5.92 Å². The number of rotatable bonds is 4. The summed E-state index contributed by atoms with van der Waals surface area (Å²) in [4.78, 5) is 27.4. The molecule has 2 heterocycles. The highest BCUT2D eigenvalue weighted by atomic mass is 19.1. The molecule has 0 spiro atoms. The van der Waals surface area contributed by atoms with Gasteiger partial charge in [0.15, 0.2) is 5.78 Å². The SMILES string of the molecule is Cc1ccc(F)cc1C(=O)C1CC2CCC(C1)N2C(=O)OCc1ccccc1. The number of fused-ring (bicyclic) bond motifs is 2. The van der Waals surface area contributed by atoms with E-state index < -0.39 is 0 Å². The second-order valence-corrected chi connectivity index (χ2v) is 7.82. The van der Waals surface area contributed by atoms with Gasteiger partial charge in [-0.1, -0.05) is 36.4 Å². The molecule has 146 valence electrons. The van der Waals surface area contributed by atoms with Crippen LogP contribution in [0.3, 0.4) is 0 Å². The van der Waals surface area contributed by atoms with Gasteiger partial charge in [-0.15, -0.1) is 0 Å². The Morgan fingerprint density at radius 2 is 1.75 bits per heavy atom. The number of aryl methyl sites for hydroxylation is 1. The van der Waals surface area contributed by atoms with Crippen LogP contribution in [0.4, 0.5) is 9.18 Å². The van der Waals surface area contributed by atoms with Crippen molar-refractivity contribution in [2.75, 3.05) is 0 Å². The summed E-state index contributed by atoms with van der Waals surface area (Å²) in [6.07, 6.45) is 2.70. The van der Waals surface area contributed by atoms with Gasteiger partial charge >= 0.3 is 6.09 Å². The van der Waals surface area contributed by atoms with Gasteiger partial charge in [-0.25, -0.2) is 9.18 Å². The van der Waals surface area contributed by atoms with E-state index in [-0.39, 0.29) is 42.3 Å². The molecule has 0 aliphatic carbocycles. The zero-order valence-electron chi connectivity index (χ0n) is 15.9. The number of ketones is 1. The minimum atomic E-state index is -0.390. The number of piperidine rings is 1. The predicted molar refractivity (Wildman–Crippen MR) is 103 cm³/mol. The fourth-order valence-electron chi connectivity index (χ4n) is 4.56. The zero-order chi connectivity index (χ0) is 19.7. The van der Waals surface area contributed by atoms with Gasteiger partial charge in [-0.3, -0.25) is 4.79 Å². The molecule has 0 N–H and O–H groups in total. The first-order chi connectivity index (χ1) is 13.5. The first-order valence-electron chi connectivity index (χ1n) is 9.82. The van der Waals surface area contributed by atoms with E-state index in [1.165, 1.54) is 12.1 Å². The molecule has 2 aromatic carbocycles. The molecular weight excluding hydrogens is 357 g/mol. The van der Waals surface area contributed by atoms with Crippen LogP contribution in [0.15, 0.2) is 48.5 Å². The predicted octanol–water partition coefficient (Wildman–Crippen LogP) is 4.90. The Labute approximate surface area is 164 Å². The Hall–Kier alpha value is -2.69. The number of hydrogen-bond donors (Lipinski definition) is 0. The quantitative estimate of drug-likeness (QED) is 0.708. The number of halogens is 1. The van der Waals surface area contributed by atoms with Crippen LogP contribution in [0.25, 0.3) is 0 Å². The Morgan fingerprint density at radius 3 is 2.43 bits per heavy atom. The van der Waals surface area contributed by atoms with Crippen molar-refractivity contribution < 1.29 is 18.7 Å². The number of carbonyl (C=O) groups is 2. The summed E-state index contributed by atoms with van der Waals surface area (Å²) in [5.41, 5.74) is 2.21. The summed E-state index contributed by atoms with van der Waals surface area (Å²) in [6, 6.07) is 14.0. The van der Waals surface area contributed by atoms with Gasteiger partial charge in [0.05, 0.1) is 0 Å². The van der Waals surface area contributed by atoms with Crippen molar-refractivity contribution in [2.45, 2.75) is 51.3 Å². The van der Waals surface area contributed by atoms with Gasteiger partial charge in [0.1, 0.15) is 12.4 Å². The molecule has 2 atom stereocenters. The van der Waals surface area contributed by atoms with Crippen molar-refractivity contribution in [3.05, 3.63) is 71.0 Å². The number of nitrogens with zero attached hydrogens (tertiary/aromatic N) is 1. The lowest BCUT2D eigenvalue weighted by Crippen LogP contribution is -2.48.